The summed E-state index contributed by atoms with van der Waals surface area (Å²) >= 11 is 0. The zero-order chi connectivity index (χ0) is 15.9. The summed E-state index contributed by atoms with van der Waals surface area (Å²) in [5.41, 5.74) is 0.726. The number of rotatable bonds is 3. The van der Waals surface area contributed by atoms with E-state index in [4.69, 9.17) is 4.74 Å². The minimum Gasteiger partial charge on any atom is -0.496 e. The van der Waals surface area contributed by atoms with Crippen molar-refractivity contribution in [3.8, 4) is 28.5 Å². The number of aromatic nitrogens is 4. The molecule has 9 heteroatoms. The topological polar surface area (TPSA) is 118 Å². The molecule has 2 aliphatic rings. The fraction of sp³-hybridized carbons (Fsp3) is 0.154. The van der Waals surface area contributed by atoms with Crippen LogP contribution in [0, 0.1) is 0 Å². The van der Waals surface area contributed by atoms with Gasteiger partial charge >= 0.3 is 0 Å². The van der Waals surface area contributed by atoms with Crippen molar-refractivity contribution in [2.45, 2.75) is 4.90 Å². The van der Waals surface area contributed by atoms with Crippen molar-refractivity contribution < 1.29 is 13.2 Å². The molecule has 0 aliphatic carbocycles. The molecule has 114 valence electrons. The van der Waals surface area contributed by atoms with Gasteiger partial charge < -0.3 is 9.84 Å². The number of nitrogens with zero attached hydrogens (tertiary/aromatic N) is 2. The smallest absolute Gasteiger partial charge is 0.290 e. The lowest BCUT2D eigenvalue weighted by Crippen LogP contribution is -2.10. The van der Waals surface area contributed by atoms with Crippen LogP contribution >= 0.6 is 0 Å². The highest BCUT2D eigenvalue weighted by Gasteiger charge is 2.19. The van der Waals surface area contributed by atoms with Crippen LogP contribution in [0.15, 0.2) is 34.1 Å². The van der Waals surface area contributed by atoms with E-state index < -0.39 is 9.84 Å². The van der Waals surface area contributed by atoms with Gasteiger partial charge in [0.05, 0.1) is 17.6 Å². The van der Waals surface area contributed by atoms with Gasteiger partial charge in [0.1, 0.15) is 11.4 Å². The third-order valence-electron chi connectivity index (χ3n) is 3.14. The molecule has 0 unspecified atom stereocenters. The Bertz CT molecular complexity index is 974. The maximum Gasteiger partial charge on any atom is 0.290 e. The van der Waals surface area contributed by atoms with E-state index in [9.17, 15) is 13.2 Å². The lowest BCUT2D eigenvalue weighted by molar-refractivity contribution is 0.415. The van der Waals surface area contributed by atoms with Crippen LogP contribution in [0.1, 0.15) is 0 Å². The highest BCUT2D eigenvalue weighted by Crippen LogP contribution is 2.32. The summed E-state index contributed by atoms with van der Waals surface area (Å²) in [4.78, 5) is 20.2. The number of H-pyrrole nitrogens is 2. The van der Waals surface area contributed by atoms with Gasteiger partial charge in [0.2, 0.25) is 0 Å². The van der Waals surface area contributed by atoms with Crippen LogP contribution in [-0.2, 0) is 9.84 Å². The normalized spacial score (nSPS) is 11.7. The molecule has 2 heterocycles. The molecule has 0 bridgehead atoms. The van der Waals surface area contributed by atoms with E-state index >= 15 is 0 Å². The Balaban J connectivity index is 2.21. The summed E-state index contributed by atoms with van der Waals surface area (Å²) in [6, 6.07) is 4.41. The second-order valence-corrected chi connectivity index (χ2v) is 6.67. The van der Waals surface area contributed by atoms with Crippen LogP contribution in [0.3, 0.4) is 0 Å². The molecular weight excluding hydrogens is 308 g/mol. The summed E-state index contributed by atoms with van der Waals surface area (Å²) in [5.74, 6) is 0.607. The number of ether oxygens (including phenoxy) is 1. The van der Waals surface area contributed by atoms with E-state index in [0.29, 0.717) is 17.0 Å². The Morgan fingerprint density at radius 1 is 1.23 bits per heavy atom. The van der Waals surface area contributed by atoms with Crippen molar-refractivity contribution in [3.63, 3.8) is 0 Å². The fourth-order valence-corrected chi connectivity index (χ4v) is 2.70. The largest absolute Gasteiger partial charge is 0.496 e. The Hall–Kier alpha value is -2.68. The number of hydrogen-bond donors (Lipinski definition) is 2. The second kappa shape index (κ2) is 4.95. The van der Waals surface area contributed by atoms with Gasteiger partial charge in [0, 0.05) is 12.5 Å². The van der Waals surface area contributed by atoms with E-state index in [2.05, 4.69) is 20.2 Å². The van der Waals surface area contributed by atoms with Crippen LogP contribution in [-0.4, -0.2) is 41.9 Å². The molecule has 1 aromatic rings. The molecule has 22 heavy (non-hydrogen) atoms. The molecule has 0 radical (unpaired) electrons. The standard InChI is InChI=1S/C13H12N4O4S/c1-21-10-5-7(22(2,19)20)3-4-8(10)12-15-9-6-14-17-13(18)11(9)16-12/h3-6,14H,1-2H3,(H,17,18). The van der Waals surface area contributed by atoms with Crippen LogP contribution in [0.4, 0.5) is 0 Å². The third-order valence-corrected chi connectivity index (χ3v) is 4.25. The second-order valence-electron chi connectivity index (χ2n) is 4.66. The van der Waals surface area contributed by atoms with E-state index in [1.54, 1.807) is 6.07 Å². The van der Waals surface area contributed by atoms with Crippen molar-refractivity contribution in [1.82, 2.24) is 20.2 Å². The number of aromatic amines is 2. The molecule has 0 saturated carbocycles. The lowest BCUT2D eigenvalue weighted by atomic mass is 10.2. The Morgan fingerprint density at radius 2 is 2.00 bits per heavy atom. The zero-order valence-electron chi connectivity index (χ0n) is 11.7. The van der Waals surface area contributed by atoms with E-state index in [1.807, 2.05) is 0 Å². The van der Waals surface area contributed by atoms with Gasteiger partial charge in [-0.05, 0) is 18.2 Å². The SMILES string of the molecule is COc1cc(S(C)(=O)=O)ccc1-c1nc2c[nH][nH]c(=O)c-2n1. The first-order chi connectivity index (χ1) is 10.4. The lowest BCUT2D eigenvalue weighted by Gasteiger charge is -2.07. The minimum absolute atomic E-state index is 0.135. The number of sulfone groups is 1. The van der Waals surface area contributed by atoms with Gasteiger partial charge in [0.25, 0.3) is 5.56 Å². The molecule has 1 aromatic carbocycles. The molecule has 2 N–H and O–H groups in total. The molecule has 0 fully saturated rings. The van der Waals surface area contributed by atoms with E-state index in [1.165, 1.54) is 25.4 Å². The monoisotopic (exact) mass is 320 g/mol. The summed E-state index contributed by atoms with van der Waals surface area (Å²) in [6.45, 7) is 0. The molecule has 0 aromatic heterocycles. The van der Waals surface area contributed by atoms with Gasteiger partial charge in [-0.2, -0.15) is 0 Å². The highest BCUT2D eigenvalue weighted by molar-refractivity contribution is 7.90. The van der Waals surface area contributed by atoms with E-state index in [-0.39, 0.29) is 22.0 Å². The number of methoxy groups -OCH3 is 1. The van der Waals surface area contributed by atoms with Crippen molar-refractivity contribution >= 4 is 9.84 Å². The first kappa shape index (κ1) is 14.3. The van der Waals surface area contributed by atoms with Crippen molar-refractivity contribution in [1.29, 1.82) is 0 Å². The molecular formula is C13H12N4O4S. The van der Waals surface area contributed by atoms with Crippen LogP contribution in [0.2, 0.25) is 0 Å². The first-order valence-corrected chi connectivity index (χ1v) is 8.11. The predicted octanol–water partition coefficient (Wildman–Crippen LogP) is 0.677. The number of fused-ring (bicyclic) bond motifs is 1. The van der Waals surface area contributed by atoms with Gasteiger partial charge in [-0.15, -0.1) is 0 Å². The van der Waals surface area contributed by atoms with Gasteiger partial charge in [0.15, 0.2) is 21.4 Å². The van der Waals surface area contributed by atoms with Gasteiger partial charge in [-0.1, -0.05) is 0 Å². The van der Waals surface area contributed by atoms with Crippen LogP contribution in [0.25, 0.3) is 22.8 Å². The average molecular weight is 320 g/mol. The maximum absolute atomic E-state index is 11.7. The fourth-order valence-electron chi connectivity index (χ4n) is 2.06. The van der Waals surface area contributed by atoms with Crippen molar-refractivity contribution in [2.75, 3.05) is 13.4 Å². The van der Waals surface area contributed by atoms with Crippen molar-refractivity contribution in [3.05, 3.63) is 34.7 Å². The first-order valence-electron chi connectivity index (χ1n) is 6.22. The number of nitrogens with one attached hydrogen (secondary N) is 2. The van der Waals surface area contributed by atoms with Crippen molar-refractivity contribution in [2.24, 2.45) is 0 Å². The van der Waals surface area contributed by atoms with Gasteiger partial charge in [-0.3, -0.25) is 9.89 Å². The molecule has 8 nitrogen and oxygen atoms in total. The van der Waals surface area contributed by atoms with Gasteiger partial charge in [-0.25, -0.2) is 18.4 Å². The average Bonchev–Trinajstić information content (AvgIpc) is 2.91. The minimum atomic E-state index is -3.35. The molecule has 0 spiro atoms. The summed E-state index contributed by atoms with van der Waals surface area (Å²) < 4.78 is 28.4. The predicted molar refractivity (Wildman–Crippen MR) is 78.7 cm³/mol. The molecule has 0 atom stereocenters. The Kier molecular flexibility index (Phi) is 3.21. The van der Waals surface area contributed by atoms with E-state index in [0.717, 1.165) is 6.26 Å². The number of hydrogen-bond acceptors (Lipinski definition) is 6. The summed E-state index contributed by atoms with van der Waals surface area (Å²) in [7, 11) is -1.92. The highest BCUT2D eigenvalue weighted by atomic mass is 32.2. The van der Waals surface area contributed by atoms with Crippen LogP contribution in [0.5, 0.6) is 5.75 Å². The third kappa shape index (κ3) is 2.35. The summed E-state index contributed by atoms with van der Waals surface area (Å²) in [6.07, 6.45) is 2.63. The maximum atomic E-state index is 11.7. The quantitative estimate of drug-likeness (QED) is 0.732. The number of imidazole rings is 1. The molecule has 0 saturated heterocycles. The molecule has 0 amide bonds. The molecule has 2 aliphatic heterocycles. The van der Waals surface area contributed by atoms with Crippen LogP contribution < -0.4 is 10.3 Å². The Labute approximate surface area is 125 Å². The summed E-state index contributed by atoms with van der Waals surface area (Å²) in [5, 5.41) is 4.98. The number of benzene rings is 1. The Morgan fingerprint density at radius 3 is 2.64 bits per heavy atom. The zero-order valence-corrected chi connectivity index (χ0v) is 12.6. The molecule has 3 rings (SSSR count).